The molecule has 0 aliphatic rings. The smallest absolute Gasteiger partial charge is 0.672 e. The van der Waals surface area contributed by atoms with Crippen LogP contribution in [0, 0.1) is 0 Å². The van der Waals surface area contributed by atoms with E-state index in [1.807, 2.05) is 0 Å². The van der Waals surface area contributed by atoms with E-state index in [1.165, 1.54) is 0 Å². The molecule has 0 unspecified atom stereocenters. The van der Waals surface area contributed by atoms with Crippen molar-refractivity contribution in [3.05, 3.63) is 0 Å². The zero-order chi connectivity index (χ0) is 3.58. The van der Waals surface area contributed by atoms with Crippen molar-refractivity contribution in [1.29, 1.82) is 0 Å². The third-order valence-electron chi connectivity index (χ3n) is 0. The molecule has 0 N–H and O–H groups in total. The molecule has 0 saturated heterocycles. The fourth-order valence-electron chi connectivity index (χ4n) is 0. The monoisotopic (exact) mass is 207 g/mol. The Morgan fingerprint density at radius 1 is 1.33 bits per heavy atom. The molecule has 3 nitrogen and oxygen atoms in total. The molecule has 0 aromatic carbocycles. The molecular formula is AgMgO3Si. The average Bonchev–Trinajstić information content (AvgIpc) is 0.811. The molecule has 0 aliphatic carbocycles. The van der Waals surface area contributed by atoms with Crippen molar-refractivity contribution >= 4 is 32.2 Å². The maximum Gasteiger partial charge on any atom is 2.00 e. The van der Waals surface area contributed by atoms with Crippen LogP contribution in [0.25, 0.3) is 0 Å². The second-order valence-corrected chi connectivity index (χ2v) is 0.750. The van der Waals surface area contributed by atoms with Crippen LogP contribution < -0.4 is 9.59 Å². The standard InChI is InChI=1S/Ag.Mg.O3Si/c;;1-4(2)3/q;+2;-2. The molecule has 0 bridgehead atoms. The Kier molecular flexibility index (Phi) is 24.8. The zero-order valence-electron chi connectivity index (χ0n) is 2.73. The van der Waals surface area contributed by atoms with Crippen LogP contribution in [0.2, 0.25) is 0 Å². The Hall–Kier alpha value is 1.12. The fraction of sp³-hybridized carbons (Fsp3) is 0. The summed E-state index contributed by atoms with van der Waals surface area (Å²) in [6.45, 7) is 0. The summed E-state index contributed by atoms with van der Waals surface area (Å²) in [6, 6.07) is 0. The molecular weight excluding hydrogens is 208 g/mol. The molecule has 1 radical (unpaired) electrons. The summed E-state index contributed by atoms with van der Waals surface area (Å²) in [5, 5.41) is 0. The van der Waals surface area contributed by atoms with Crippen molar-refractivity contribution in [2.45, 2.75) is 0 Å². The van der Waals surface area contributed by atoms with Crippen molar-refractivity contribution in [2.75, 3.05) is 0 Å². The summed E-state index contributed by atoms with van der Waals surface area (Å²) < 4.78 is 8.52. The van der Waals surface area contributed by atoms with Gasteiger partial charge in [0.05, 0.1) is 0 Å². The van der Waals surface area contributed by atoms with Gasteiger partial charge in [0.1, 0.15) is 0 Å². The second-order valence-electron chi connectivity index (χ2n) is 0.250. The normalized spacial score (nSPS) is 4.00. The van der Waals surface area contributed by atoms with Gasteiger partial charge in [0.25, 0.3) is 0 Å². The van der Waals surface area contributed by atoms with Crippen LogP contribution in [0.4, 0.5) is 0 Å². The molecule has 0 amide bonds. The van der Waals surface area contributed by atoms with Gasteiger partial charge in [-0.05, 0) is 0 Å². The summed E-state index contributed by atoms with van der Waals surface area (Å²) in [6.07, 6.45) is 0. The molecule has 0 aromatic heterocycles. The molecule has 35 valence electrons. The minimum Gasteiger partial charge on any atom is -0.672 e. The number of hydrogen-bond donors (Lipinski definition) is 0. The van der Waals surface area contributed by atoms with Crippen LogP contribution in [0.15, 0.2) is 0 Å². The van der Waals surface area contributed by atoms with Gasteiger partial charge in [0, 0.05) is 31.6 Å². The van der Waals surface area contributed by atoms with Crippen LogP contribution in [-0.2, 0) is 26.8 Å². The van der Waals surface area contributed by atoms with Crippen LogP contribution in [0.3, 0.4) is 0 Å². The second kappa shape index (κ2) is 9.45. The van der Waals surface area contributed by atoms with Crippen molar-refractivity contribution in [1.82, 2.24) is 0 Å². The SMILES string of the molecule is O=[Si]([O-])[O-].[Ag].[Mg+2]. The van der Waals surface area contributed by atoms with Gasteiger partial charge in [-0.2, -0.15) is 0 Å². The first-order valence-electron chi connectivity index (χ1n) is 0.612. The van der Waals surface area contributed by atoms with E-state index >= 15 is 0 Å². The van der Waals surface area contributed by atoms with Crippen molar-refractivity contribution in [3.63, 3.8) is 0 Å². The summed E-state index contributed by atoms with van der Waals surface area (Å²) >= 11 is 0. The first-order valence-corrected chi connectivity index (χ1v) is 1.84. The van der Waals surface area contributed by atoms with E-state index in [9.17, 15) is 0 Å². The Bertz CT molecular complexity index is 33.8. The molecule has 0 rings (SSSR count). The zero-order valence-corrected chi connectivity index (χ0v) is 6.63. The third kappa shape index (κ3) is 69.0. The van der Waals surface area contributed by atoms with Gasteiger partial charge >= 0.3 is 23.1 Å². The molecule has 0 atom stereocenters. The molecule has 0 aromatic rings. The predicted molar refractivity (Wildman–Crippen MR) is 12.2 cm³/mol. The van der Waals surface area contributed by atoms with E-state index < -0.39 is 9.17 Å². The molecule has 0 aliphatic heterocycles. The minimum absolute atomic E-state index is 0. The van der Waals surface area contributed by atoms with Gasteiger partial charge in [-0.25, -0.2) is 0 Å². The van der Waals surface area contributed by atoms with E-state index in [1.54, 1.807) is 0 Å². The maximum absolute atomic E-state index is 8.52. The summed E-state index contributed by atoms with van der Waals surface area (Å²) in [7, 11) is -3.63. The first-order chi connectivity index (χ1) is 1.73. The van der Waals surface area contributed by atoms with Gasteiger partial charge in [0.2, 0.25) is 0 Å². The van der Waals surface area contributed by atoms with Crippen LogP contribution in [0.1, 0.15) is 0 Å². The summed E-state index contributed by atoms with van der Waals surface area (Å²) in [4.78, 5) is 17.0. The quantitative estimate of drug-likeness (QED) is 0.393. The predicted octanol–water partition coefficient (Wildman–Crippen LogP) is -3.26. The van der Waals surface area contributed by atoms with Crippen LogP contribution in [0.5, 0.6) is 0 Å². The van der Waals surface area contributed by atoms with Gasteiger partial charge in [0.15, 0.2) is 0 Å². The van der Waals surface area contributed by atoms with E-state index in [4.69, 9.17) is 14.1 Å². The molecule has 0 saturated carbocycles. The Labute approximate surface area is 68.3 Å². The van der Waals surface area contributed by atoms with E-state index in [2.05, 4.69) is 0 Å². The largest absolute Gasteiger partial charge is 2.00 e. The van der Waals surface area contributed by atoms with Gasteiger partial charge in [-0.15, -0.1) is 0 Å². The topological polar surface area (TPSA) is 63.2 Å². The third-order valence-corrected chi connectivity index (χ3v) is 0. The first kappa shape index (κ1) is 15.7. The Morgan fingerprint density at radius 2 is 1.33 bits per heavy atom. The van der Waals surface area contributed by atoms with Crippen LogP contribution in [-0.4, -0.2) is 32.2 Å². The molecule has 0 fully saturated rings. The van der Waals surface area contributed by atoms with Gasteiger partial charge in [-0.1, -0.05) is 0 Å². The van der Waals surface area contributed by atoms with Crippen molar-refractivity contribution < 1.29 is 36.4 Å². The molecule has 0 spiro atoms. The summed E-state index contributed by atoms with van der Waals surface area (Å²) in [5.74, 6) is 0. The summed E-state index contributed by atoms with van der Waals surface area (Å²) in [5.41, 5.74) is 0. The molecule has 0 heterocycles. The van der Waals surface area contributed by atoms with E-state index in [0.717, 1.165) is 0 Å². The average molecular weight is 208 g/mol. The Morgan fingerprint density at radius 3 is 1.33 bits per heavy atom. The van der Waals surface area contributed by atoms with Crippen LogP contribution >= 0.6 is 0 Å². The van der Waals surface area contributed by atoms with E-state index in [0.29, 0.717) is 0 Å². The Balaban J connectivity index is -0.0000000450. The molecule has 6 heteroatoms. The van der Waals surface area contributed by atoms with Crippen molar-refractivity contribution in [3.8, 4) is 0 Å². The minimum atomic E-state index is -3.63. The van der Waals surface area contributed by atoms with Crippen molar-refractivity contribution in [2.24, 2.45) is 0 Å². The van der Waals surface area contributed by atoms with Gasteiger partial charge < -0.3 is 14.1 Å². The van der Waals surface area contributed by atoms with Gasteiger partial charge in [-0.3, -0.25) is 0 Å². The fourth-order valence-corrected chi connectivity index (χ4v) is 0. The number of rotatable bonds is 0. The molecule has 6 heavy (non-hydrogen) atoms. The number of hydrogen-bond acceptors (Lipinski definition) is 3. The maximum atomic E-state index is 8.52. The van der Waals surface area contributed by atoms with E-state index in [-0.39, 0.29) is 45.4 Å².